The zero-order valence-electron chi connectivity index (χ0n) is 9.96. The minimum atomic E-state index is -4.27. The first-order valence-corrected chi connectivity index (χ1v) is 5.45. The second-order valence-corrected chi connectivity index (χ2v) is 3.86. The van der Waals surface area contributed by atoms with E-state index < -0.39 is 12.7 Å². The number of pyridine rings is 1. The molecule has 1 rings (SSSR count). The normalized spacial score (nSPS) is 11.3. The number of hydrogen-bond acceptors (Lipinski definition) is 3. The number of rotatable bonds is 5. The van der Waals surface area contributed by atoms with E-state index in [-0.39, 0.29) is 18.2 Å². The topological polar surface area (TPSA) is 66.0 Å². The molecule has 0 aliphatic rings. The van der Waals surface area contributed by atoms with Crippen LogP contribution in [-0.2, 0) is 0 Å². The molecule has 0 aromatic carbocycles. The van der Waals surface area contributed by atoms with Crippen LogP contribution in [0.3, 0.4) is 0 Å². The summed E-state index contributed by atoms with van der Waals surface area (Å²) >= 11 is 0. The summed E-state index contributed by atoms with van der Waals surface area (Å²) < 4.78 is 37.2. The number of nitrogens with two attached hydrogens (primary N) is 1. The largest absolute Gasteiger partial charge is 0.405 e. The van der Waals surface area contributed by atoms with Crippen molar-refractivity contribution in [1.29, 1.82) is 5.41 Å². The van der Waals surface area contributed by atoms with Gasteiger partial charge in [0.15, 0.2) is 0 Å². The highest BCUT2D eigenvalue weighted by molar-refractivity contribution is 5.94. The van der Waals surface area contributed by atoms with Crippen molar-refractivity contribution in [2.75, 3.05) is 18.0 Å². The molecule has 0 amide bonds. The van der Waals surface area contributed by atoms with Crippen LogP contribution >= 0.6 is 0 Å². The average Bonchev–Trinajstić information content (AvgIpc) is 2.27. The fourth-order valence-corrected chi connectivity index (χ4v) is 1.49. The molecule has 0 unspecified atom stereocenters. The minimum absolute atomic E-state index is 0.160. The van der Waals surface area contributed by atoms with E-state index in [0.29, 0.717) is 12.0 Å². The van der Waals surface area contributed by atoms with Crippen molar-refractivity contribution in [3.05, 3.63) is 23.9 Å². The Balaban J connectivity index is 2.88. The van der Waals surface area contributed by atoms with Gasteiger partial charge < -0.3 is 10.6 Å². The highest BCUT2D eigenvalue weighted by Crippen LogP contribution is 2.21. The molecular formula is C11H15F3N4. The predicted molar refractivity (Wildman–Crippen MR) is 63.8 cm³/mol. The maximum Gasteiger partial charge on any atom is 0.405 e. The highest BCUT2D eigenvalue weighted by atomic mass is 19.4. The van der Waals surface area contributed by atoms with Crippen molar-refractivity contribution in [2.24, 2.45) is 5.73 Å². The molecule has 1 aromatic rings. The zero-order valence-corrected chi connectivity index (χ0v) is 9.96. The van der Waals surface area contributed by atoms with Gasteiger partial charge >= 0.3 is 6.18 Å². The third-order valence-electron chi connectivity index (χ3n) is 2.25. The lowest BCUT2D eigenvalue weighted by Gasteiger charge is -2.24. The van der Waals surface area contributed by atoms with E-state index >= 15 is 0 Å². The molecular weight excluding hydrogens is 245 g/mol. The number of nitrogens with zero attached hydrogens (tertiary/aromatic N) is 2. The molecule has 4 nitrogen and oxygen atoms in total. The lowest BCUT2D eigenvalue weighted by atomic mass is 10.2. The van der Waals surface area contributed by atoms with Crippen molar-refractivity contribution in [1.82, 2.24) is 4.98 Å². The van der Waals surface area contributed by atoms with Crippen molar-refractivity contribution in [3.8, 4) is 0 Å². The second kappa shape index (κ2) is 5.70. The predicted octanol–water partition coefficient (Wildman–Crippen LogP) is 2.14. The summed E-state index contributed by atoms with van der Waals surface area (Å²) in [5.41, 5.74) is 5.64. The lowest BCUT2D eigenvalue weighted by molar-refractivity contribution is -0.119. The molecule has 0 aliphatic carbocycles. The van der Waals surface area contributed by atoms with Crippen molar-refractivity contribution < 1.29 is 13.2 Å². The van der Waals surface area contributed by atoms with Gasteiger partial charge in [0.05, 0.1) is 0 Å². The molecule has 0 radical (unpaired) electrons. The molecule has 0 saturated heterocycles. The van der Waals surface area contributed by atoms with Crippen LogP contribution in [0.2, 0.25) is 0 Å². The summed E-state index contributed by atoms with van der Waals surface area (Å²) in [4.78, 5) is 5.06. The Morgan fingerprint density at radius 1 is 1.44 bits per heavy atom. The molecule has 100 valence electrons. The van der Waals surface area contributed by atoms with Crippen molar-refractivity contribution >= 4 is 11.7 Å². The molecule has 18 heavy (non-hydrogen) atoms. The first kappa shape index (κ1) is 14.3. The summed E-state index contributed by atoms with van der Waals surface area (Å²) in [5, 5.41) is 7.18. The number of halogens is 3. The summed E-state index contributed by atoms with van der Waals surface area (Å²) in [7, 11) is 0. The monoisotopic (exact) mass is 260 g/mol. The van der Waals surface area contributed by atoms with Gasteiger partial charge in [0.1, 0.15) is 18.2 Å². The van der Waals surface area contributed by atoms with Gasteiger partial charge in [-0.1, -0.05) is 6.92 Å². The van der Waals surface area contributed by atoms with E-state index in [9.17, 15) is 13.2 Å². The lowest BCUT2D eigenvalue weighted by Crippen LogP contribution is -2.35. The van der Waals surface area contributed by atoms with E-state index in [1.54, 1.807) is 6.92 Å². The van der Waals surface area contributed by atoms with Gasteiger partial charge in [-0.2, -0.15) is 13.2 Å². The molecule has 1 aromatic heterocycles. The van der Waals surface area contributed by atoms with E-state index in [1.165, 1.54) is 18.3 Å². The van der Waals surface area contributed by atoms with Crippen molar-refractivity contribution in [3.63, 3.8) is 0 Å². The van der Waals surface area contributed by atoms with Gasteiger partial charge in [-0.15, -0.1) is 0 Å². The molecule has 3 N–H and O–H groups in total. The first-order valence-electron chi connectivity index (χ1n) is 5.45. The van der Waals surface area contributed by atoms with Gasteiger partial charge in [-0.3, -0.25) is 5.41 Å². The summed E-state index contributed by atoms with van der Waals surface area (Å²) in [6.07, 6.45) is -2.38. The van der Waals surface area contributed by atoms with E-state index in [2.05, 4.69) is 4.98 Å². The second-order valence-electron chi connectivity index (χ2n) is 3.86. The van der Waals surface area contributed by atoms with Crippen LogP contribution in [0.5, 0.6) is 0 Å². The molecule has 1 heterocycles. The Morgan fingerprint density at radius 2 is 2.11 bits per heavy atom. The summed E-state index contributed by atoms with van der Waals surface area (Å²) in [6.45, 7) is 1.03. The first-order chi connectivity index (χ1) is 8.33. The van der Waals surface area contributed by atoms with Gasteiger partial charge in [-0.25, -0.2) is 4.98 Å². The smallest absolute Gasteiger partial charge is 0.384 e. The van der Waals surface area contributed by atoms with Gasteiger partial charge in [-0.05, 0) is 18.6 Å². The van der Waals surface area contributed by atoms with Crippen LogP contribution < -0.4 is 10.6 Å². The number of nitrogens with one attached hydrogen (secondary N) is 1. The minimum Gasteiger partial charge on any atom is -0.384 e. The zero-order chi connectivity index (χ0) is 13.8. The number of nitrogen functional groups attached to an aromatic ring is 1. The molecule has 0 spiro atoms. The Morgan fingerprint density at radius 3 is 2.50 bits per heavy atom. The average molecular weight is 260 g/mol. The Bertz CT molecular complexity index is 400. The number of hydrogen-bond donors (Lipinski definition) is 2. The van der Waals surface area contributed by atoms with E-state index in [4.69, 9.17) is 11.1 Å². The van der Waals surface area contributed by atoms with Crippen molar-refractivity contribution in [2.45, 2.75) is 19.5 Å². The Hall–Kier alpha value is -1.79. The molecule has 0 saturated carbocycles. The maximum absolute atomic E-state index is 12.4. The number of alkyl halides is 3. The van der Waals surface area contributed by atoms with Crippen LogP contribution in [-0.4, -0.2) is 30.1 Å². The number of anilines is 1. The van der Waals surface area contributed by atoms with Crippen LogP contribution in [0.15, 0.2) is 18.3 Å². The number of aromatic nitrogens is 1. The summed E-state index contributed by atoms with van der Waals surface area (Å²) in [6, 6.07) is 2.93. The standard InChI is InChI=1S/C11H15F3N4/c1-2-5-18(7-11(12,13)14)9-4-3-8(6-17-9)10(15)16/h3-4,6H,2,5,7H2,1H3,(H3,15,16). The van der Waals surface area contributed by atoms with Gasteiger partial charge in [0.2, 0.25) is 0 Å². The Kier molecular flexibility index (Phi) is 4.52. The number of amidine groups is 1. The fraction of sp³-hybridized carbons (Fsp3) is 0.455. The van der Waals surface area contributed by atoms with E-state index in [0.717, 1.165) is 4.90 Å². The molecule has 0 bridgehead atoms. The quantitative estimate of drug-likeness (QED) is 0.629. The van der Waals surface area contributed by atoms with Gasteiger partial charge in [0.25, 0.3) is 0 Å². The van der Waals surface area contributed by atoms with Gasteiger partial charge in [0, 0.05) is 18.3 Å². The molecule has 0 fully saturated rings. The highest BCUT2D eigenvalue weighted by Gasteiger charge is 2.31. The fourth-order valence-electron chi connectivity index (χ4n) is 1.49. The molecule has 0 aliphatic heterocycles. The van der Waals surface area contributed by atoms with Crippen LogP contribution in [0, 0.1) is 5.41 Å². The van der Waals surface area contributed by atoms with E-state index in [1.807, 2.05) is 0 Å². The van der Waals surface area contributed by atoms with Crippen LogP contribution in [0.4, 0.5) is 19.0 Å². The van der Waals surface area contributed by atoms with Crippen LogP contribution in [0.25, 0.3) is 0 Å². The Labute approximate surface area is 103 Å². The third-order valence-corrected chi connectivity index (χ3v) is 2.25. The summed E-state index contributed by atoms with van der Waals surface area (Å²) in [5.74, 6) is 0.0751. The SMILES string of the molecule is CCCN(CC(F)(F)F)c1ccc(C(=N)N)cn1. The van der Waals surface area contributed by atoms with Crippen LogP contribution in [0.1, 0.15) is 18.9 Å². The third kappa shape index (κ3) is 4.23. The molecule has 7 heteroatoms. The maximum atomic E-state index is 12.4. The molecule has 0 atom stereocenters.